The van der Waals surface area contributed by atoms with Crippen LogP contribution in [0.5, 0.6) is 0 Å². The summed E-state index contributed by atoms with van der Waals surface area (Å²) in [4.78, 5) is 1.11. The predicted octanol–water partition coefficient (Wildman–Crippen LogP) is 1.07. The summed E-state index contributed by atoms with van der Waals surface area (Å²) < 4.78 is 0. The molecule has 2 rings (SSSR count). The van der Waals surface area contributed by atoms with Crippen molar-refractivity contribution in [3.8, 4) is 0 Å². The van der Waals surface area contributed by atoms with Gasteiger partial charge in [-0.1, -0.05) is 6.07 Å². The van der Waals surface area contributed by atoms with Crippen molar-refractivity contribution in [2.24, 2.45) is 0 Å². The molecule has 5 nitrogen and oxygen atoms in total. The number of aromatic amines is 1. The third-order valence-electron chi connectivity index (χ3n) is 1.62. The van der Waals surface area contributed by atoms with E-state index in [0.29, 0.717) is 0 Å². The number of benzene rings is 1. The molecule has 0 aliphatic heterocycles. The summed E-state index contributed by atoms with van der Waals surface area (Å²) in [7, 11) is 0. The van der Waals surface area contributed by atoms with Crippen molar-refractivity contribution in [1.29, 1.82) is 0 Å². The van der Waals surface area contributed by atoms with E-state index in [2.05, 4.69) is 20.6 Å². The number of nitrogen functional groups attached to an aromatic ring is 1. The van der Waals surface area contributed by atoms with Crippen LogP contribution in [0.2, 0.25) is 0 Å². The van der Waals surface area contributed by atoms with Gasteiger partial charge in [0.05, 0.1) is 5.75 Å². The summed E-state index contributed by atoms with van der Waals surface area (Å²) in [6.45, 7) is 0. The van der Waals surface area contributed by atoms with Gasteiger partial charge in [0.2, 0.25) is 0 Å². The first-order valence-electron chi connectivity index (χ1n) is 4.05. The van der Waals surface area contributed by atoms with Crippen LogP contribution in [0.15, 0.2) is 29.2 Å². The number of tetrazole rings is 1. The predicted molar refractivity (Wildman–Crippen MR) is 54.6 cm³/mol. The molecule has 1 aromatic heterocycles. The fourth-order valence-electron chi connectivity index (χ4n) is 0.996. The first-order chi connectivity index (χ1) is 6.84. The Morgan fingerprint density at radius 2 is 2.36 bits per heavy atom. The highest BCUT2D eigenvalue weighted by Gasteiger charge is 1.99. The van der Waals surface area contributed by atoms with E-state index < -0.39 is 0 Å². The van der Waals surface area contributed by atoms with Crippen molar-refractivity contribution in [3.63, 3.8) is 0 Å². The zero-order chi connectivity index (χ0) is 9.80. The highest BCUT2D eigenvalue weighted by molar-refractivity contribution is 7.98. The van der Waals surface area contributed by atoms with E-state index in [9.17, 15) is 0 Å². The molecule has 0 saturated carbocycles. The first-order valence-corrected chi connectivity index (χ1v) is 5.04. The molecule has 6 heteroatoms. The summed E-state index contributed by atoms with van der Waals surface area (Å²) in [6, 6.07) is 7.72. The van der Waals surface area contributed by atoms with Crippen molar-refractivity contribution in [1.82, 2.24) is 20.6 Å². The van der Waals surface area contributed by atoms with E-state index in [4.69, 9.17) is 5.73 Å². The minimum Gasteiger partial charge on any atom is -0.399 e. The standard InChI is InChI=1S/C8H9N5S/c9-6-2-1-3-7(4-6)14-5-8-10-12-13-11-8/h1-4H,5,9H2,(H,10,11,12,13). The second-order valence-corrected chi connectivity index (χ2v) is 3.76. The van der Waals surface area contributed by atoms with E-state index in [1.807, 2.05) is 24.3 Å². The maximum Gasteiger partial charge on any atom is 0.158 e. The molecule has 0 atom stereocenters. The largest absolute Gasteiger partial charge is 0.399 e. The molecular weight excluding hydrogens is 198 g/mol. The van der Waals surface area contributed by atoms with Crippen molar-refractivity contribution in [2.45, 2.75) is 10.6 Å². The molecule has 0 unspecified atom stereocenters. The lowest BCUT2D eigenvalue weighted by Crippen LogP contribution is -1.86. The number of hydrogen-bond donors (Lipinski definition) is 2. The Labute approximate surface area is 85.1 Å². The van der Waals surface area contributed by atoms with Crippen LogP contribution in [0.25, 0.3) is 0 Å². The number of hydrogen-bond acceptors (Lipinski definition) is 5. The van der Waals surface area contributed by atoms with Gasteiger partial charge in [-0.05, 0) is 28.6 Å². The second kappa shape index (κ2) is 4.10. The van der Waals surface area contributed by atoms with Crippen molar-refractivity contribution < 1.29 is 0 Å². The average molecular weight is 207 g/mol. The molecule has 72 valence electrons. The quantitative estimate of drug-likeness (QED) is 0.581. The van der Waals surface area contributed by atoms with Crippen LogP contribution in [0.4, 0.5) is 5.69 Å². The van der Waals surface area contributed by atoms with Crippen molar-refractivity contribution >= 4 is 17.4 Å². The van der Waals surface area contributed by atoms with Gasteiger partial charge in [-0.25, -0.2) is 5.10 Å². The number of thioether (sulfide) groups is 1. The number of H-pyrrole nitrogens is 1. The number of nitrogens with two attached hydrogens (primary N) is 1. The van der Waals surface area contributed by atoms with Gasteiger partial charge < -0.3 is 5.73 Å². The van der Waals surface area contributed by atoms with E-state index >= 15 is 0 Å². The normalized spacial score (nSPS) is 10.3. The van der Waals surface area contributed by atoms with Gasteiger partial charge in [0, 0.05) is 10.6 Å². The van der Waals surface area contributed by atoms with Gasteiger partial charge >= 0.3 is 0 Å². The topological polar surface area (TPSA) is 80.5 Å². The molecule has 0 fully saturated rings. The Hall–Kier alpha value is -1.56. The SMILES string of the molecule is Nc1cccc(SCc2nnn[nH]2)c1. The minimum atomic E-state index is 0.719. The van der Waals surface area contributed by atoms with Gasteiger partial charge in [-0.2, -0.15) is 0 Å². The first kappa shape index (κ1) is 9.01. The van der Waals surface area contributed by atoms with Crippen LogP contribution >= 0.6 is 11.8 Å². The van der Waals surface area contributed by atoms with Gasteiger partial charge in [0.15, 0.2) is 5.82 Å². The van der Waals surface area contributed by atoms with Crippen molar-refractivity contribution in [3.05, 3.63) is 30.1 Å². The molecule has 1 aromatic carbocycles. The molecule has 0 bridgehead atoms. The lowest BCUT2D eigenvalue weighted by Gasteiger charge is -1.99. The molecule has 2 aromatic rings. The molecule has 0 radical (unpaired) electrons. The number of aromatic nitrogens is 4. The van der Waals surface area contributed by atoms with E-state index in [1.54, 1.807) is 11.8 Å². The third kappa shape index (κ3) is 2.23. The minimum absolute atomic E-state index is 0.719. The van der Waals surface area contributed by atoms with Crippen LogP contribution in [0.1, 0.15) is 5.82 Å². The molecule has 0 aliphatic rings. The maximum atomic E-state index is 5.65. The zero-order valence-electron chi connectivity index (χ0n) is 7.34. The summed E-state index contributed by atoms with van der Waals surface area (Å²) in [6.07, 6.45) is 0. The van der Waals surface area contributed by atoms with E-state index in [-0.39, 0.29) is 0 Å². The van der Waals surface area contributed by atoms with Gasteiger partial charge in [0.1, 0.15) is 0 Å². The zero-order valence-corrected chi connectivity index (χ0v) is 8.16. The monoisotopic (exact) mass is 207 g/mol. The third-order valence-corrected chi connectivity index (χ3v) is 2.63. The average Bonchev–Trinajstić information content (AvgIpc) is 2.67. The van der Waals surface area contributed by atoms with Crippen LogP contribution in [0.3, 0.4) is 0 Å². The summed E-state index contributed by atoms with van der Waals surface area (Å²) in [5, 5.41) is 13.5. The Bertz CT molecular complexity index is 400. The maximum absolute atomic E-state index is 5.65. The van der Waals surface area contributed by atoms with Crippen LogP contribution in [-0.2, 0) is 5.75 Å². The van der Waals surface area contributed by atoms with Crippen LogP contribution in [0, 0.1) is 0 Å². The summed E-state index contributed by atoms with van der Waals surface area (Å²) in [5.41, 5.74) is 6.42. The summed E-state index contributed by atoms with van der Waals surface area (Å²) >= 11 is 1.64. The van der Waals surface area contributed by atoms with Crippen molar-refractivity contribution in [2.75, 3.05) is 5.73 Å². The highest BCUT2D eigenvalue weighted by atomic mass is 32.2. The molecule has 0 saturated heterocycles. The number of rotatable bonds is 3. The van der Waals surface area contributed by atoms with Gasteiger partial charge in [0.25, 0.3) is 0 Å². The lowest BCUT2D eigenvalue weighted by atomic mass is 10.3. The Morgan fingerprint density at radius 3 is 3.07 bits per heavy atom. The second-order valence-electron chi connectivity index (χ2n) is 2.71. The smallest absolute Gasteiger partial charge is 0.158 e. The molecule has 14 heavy (non-hydrogen) atoms. The number of anilines is 1. The molecule has 0 amide bonds. The number of nitrogens with zero attached hydrogens (tertiary/aromatic N) is 3. The fourth-order valence-corrected chi connectivity index (χ4v) is 1.82. The van der Waals surface area contributed by atoms with Gasteiger partial charge in [-0.3, -0.25) is 0 Å². The highest BCUT2D eigenvalue weighted by Crippen LogP contribution is 2.22. The summed E-state index contributed by atoms with van der Waals surface area (Å²) in [5.74, 6) is 1.48. The van der Waals surface area contributed by atoms with Gasteiger partial charge in [-0.15, -0.1) is 16.9 Å². The Kier molecular flexibility index (Phi) is 2.64. The molecule has 1 heterocycles. The Balaban J connectivity index is 1.98. The molecule has 0 aliphatic carbocycles. The van der Waals surface area contributed by atoms with E-state index in [1.165, 1.54) is 0 Å². The van der Waals surface area contributed by atoms with E-state index in [0.717, 1.165) is 22.2 Å². The number of nitrogens with one attached hydrogen (secondary N) is 1. The fraction of sp³-hybridized carbons (Fsp3) is 0.125. The lowest BCUT2D eigenvalue weighted by molar-refractivity contribution is 0.881. The molecule has 0 spiro atoms. The molecule has 3 N–H and O–H groups in total. The van der Waals surface area contributed by atoms with Crippen LogP contribution in [-0.4, -0.2) is 20.6 Å². The Morgan fingerprint density at radius 1 is 1.43 bits per heavy atom. The van der Waals surface area contributed by atoms with Crippen LogP contribution < -0.4 is 5.73 Å². The molecular formula is C8H9N5S.